The van der Waals surface area contributed by atoms with Gasteiger partial charge in [0.2, 0.25) is 5.91 Å². The van der Waals surface area contributed by atoms with Crippen molar-refractivity contribution in [2.75, 3.05) is 26.4 Å². The molecule has 0 saturated carbocycles. The van der Waals surface area contributed by atoms with Gasteiger partial charge >= 0.3 is 0 Å². The van der Waals surface area contributed by atoms with Gasteiger partial charge in [-0.2, -0.15) is 0 Å². The molecule has 0 spiro atoms. The number of nitrogens with one attached hydrogen (secondary N) is 1. The lowest BCUT2D eigenvalue weighted by Gasteiger charge is -2.48. The second kappa shape index (κ2) is 58.0. The van der Waals surface area contributed by atoms with Gasteiger partial charge in [-0.25, -0.2) is 0 Å². The van der Waals surface area contributed by atoms with Crippen LogP contribution in [0.5, 0.6) is 0 Å². The molecule has 98 heavy (non-hydrogen) atoms. The Morgan fingerprint density at radius 2 is 0.714 bits per heavy atom. The van der Waals surface area contributed by atoms with Gasteiger partial charge in [-0.05, 0) is 122 Å². The number of allylic oxidation sites excluding steroid dienone is 25. The van der Waals surface area contributed by atoms with Crippen LogP contribution < -0.4 is 5.32 Å². The maximum absolute atomic E-state index is 13.4. The number of aliphatic hydroxyl groups is 11. The van der Waals surface area contributed by atoms with E-state index >= 15 is 0 Å². The van der Waals surface area contributed by atoms with E-state index in [4.69, 9.17) is 28.4 Å². The fourth-order valence-electron chi connectivity index (χ4n) is 11.1. The largest absolute Gasteiger partial charge is 0.394 e. The zero-order valence-corrected chi connectivity index (χ0v) is 58.9. The van der Waals surface area contributed by atoms with E-state index < -0.39 is 131 Å². The summed E-state index contributed by atoms with van der Waals surface area (Å²) in [5.74, 6) is -0.322. The highest BCUT2D eigenvalue weighted by Gasteiger charge is 2.53. The van der Waals surface area contributed by atoms with Gasteiger partial charge in [0.25, 0.3) is 0 Å². The van der Waals surface area contributed by atoms with Crippen molar-refractivity contribution in [3.63, 3.8) is 0 Å². The number of rotatable bonds is 54. The Morgan fingerprint density at radius 3 is 1.14 bits per heavy atom. The van der Waals surface area contributed by atoms with E-state index in [1.54, 1.807) is 6.08 Å². The van der Waals surface area contributed by atoms with Gasteiger partial charge in [0.15, 0.2) is 18.9 Å². The lowest BCUT2D eigenvalue weighted by molar-refractivity contribution is -0.379. The van der Waals surface area contributed by atoms with Gasteiger partial charge in [0.05, 0.1) is 38.6 Å². The van der Waals surface area contributed by atoms with Gasteiger partial charge in [0, 0.05) is 6.42 Å². The predicted molar refractivity (Wildman–Crippen MR) is 387 cm³/mol. The molecule has 19 heteroatoms. The number of carbonyl (C=O) groups is 1. The van der Waals surface area contributed by atoms with Gasteiger partial charge in [0.1, 0.15) is 73.2 Å². The van der Waals surface area contributed by atoms with E-state index in [1.165, 1.54) is 51.4 Å². The molecule has 17 atom stereocenters. The molecule has 3 rings (SSSR count). The van der Waals surface area contributed by atoms with E-state index in [1.807, 2.05) is 6.08 Å². The molecule has 0 aromatic heterocycles. The number of ether oxygens (including phenoxy) is 6. The number of hydrogen-bond donors (Lipinski definition) is 12. The molecule has 3 heterocycles. The standard InChI is InChI=1S/C79H127NO18/c1-3-5-7-9-11-13-15-17-19-21-23-24-25-26-27-28-29-30-31-32-33-34-35-36-37-38-39-41-43-45-47-49-51-53-55-57-67(85)80-62(63(84)56-54-52-50-48-46-44-42-40-22-20-18-16-14-12-10-8-6-4-2)61-93-77-73(91)70(88)75(65(59-82)95-77)98-79-74(92)71(89)76(66(60-83)96-79)97-78-72(90)69(87)68(86)64(58-81)94-78/h5,7,11,13,17,19,22-24,26-27,29-30,32-33,35-36,38-40,43,45-46,48,54,56,62-66,68-79,81-84,86-92H,3-4,6,8-10,12,14-16,18,20-21,25,28,31,34,37,41-42,44,47,49-53,55,57-61H2,1-2H3,(H,80,85)/b7-5-,13-11-,19-17-,24-23-,27-26-,30-29-,33-32-,36-35-,39-38-,40-22+,45-43-,48-46+,56-54+. The van der Waals surface area contributed by atoms with Crippen molar-refractivity contribution in [1.29, 1.82) is 0 Å². The average Bonchev–Trinajstić information content (AvgIpc) is 0.785. The molecule has 3 saturated heterocycles. The summed E-state index contributed by atoms with van der Waals surface area (Å²) in [5, 5.41) is 121. The van der Waals surface area contributed by atoms with Crippen molar-refractivity contribution in [2.24, 2.45) is 0 Å². The molecule has 19 nitrogen and oxygen atoms in total. The second-order valence-corrected chi connectivity index (χ2v) is 25.3. The number of amides is 1. The number of carbonyl (C=O) groups excluding carboxylic acids is 1. The lowest BCUT2D eigenvalue weighted by Crippen LogP contribution is -2.66. The van der Waals surface area contributed by atoms with Crippen LogP contribution >= 0.6 is 0 Å². The SMILES string of the molecule is CC/C=C\C/C=C\C/C=C\C/C=C\C/C=C\C/C=C\C/C=C\C/C=C\C/C=C\C/C=C\CCCCCCC(=O)NC(COC1OC(CO)C(OC2OC(CO)C(OC3OC(CO)C(O)C(O)C3O)C(O)C2O)C(O)C1O)C(O)/C=C/CC/C=C/CC/C=C/CCCCCCCCCC. The highest BCUT2D eigenvalue weighted by Crippen LogP contribution is 2.33. The molecule has 12 N–H and O–H groups in total. The summed E-state index contributed by atoms with van der Waals surface area (Å²) in [5.41, 5.74) is 0. The normalized spacial score (nSPS) is 27.7. The Bertz CT molecular complexity index is 2390. The van der Waals surface area contributed by atoms with Crippen LogP contribution in [-0.2, 0) is 33.2 Å². The molecule has 0 radical (unpaired) electrons. The summed E-state index contributed by atoms with van der Waals surface area (Å²) in [6.45, 7) is 1.54. The van der Waals surface area contributed by atoms with Gasteiger partial charge in [-0.15, -0.1) is 0 Å². The maximum Gasteiger partial charge on any atom is 0.220 e. The van der Waals surface area contributed by atoms with Crippen LogP contribution in [0.3, 0.4) is 0 Å². The van der Waals surface area contributed by atoms with E-state index in [0.717, 1.165) is 116 Å². The molecule has 17 unspecified atom stereocenters. The minimum Gasteiger partial charge on any atom is -0.394 e. The quantitative estimate of drug-likeness (QED) is 0.0199. The first-order valence-electron chi connectivity index (χ1n) is 36.7. The summed E-state index contributed by atoms with van der Waals surface area (Å²) in [6, 6.07) is -1.02. The number of hydrogen-bond acceptors (Lipinski definition) is 18. The minimum absolute atomic E-state index is 0.191. The van der Waals surface area contributed by atoms with Crippen LogP contribution in [0, 0.1) is 0 Å². The molecule has 3 fully saturated rings. The van der Waals surface area contributed by atoms with Crippen molar-refractivity contribution in [3.05, 3.63) is 158 Å². The first kappa shape index (κ1) is 87.6. The van der Waals surface area contributed by atoms with Gasteiger partial charge in [-0.3, -0.25) is 4.79 Å². The second-order valence-electron chi connectivity index (χ2n) is 25.3. The third-order valence-electron chi connectivity index (χ3n) is 17.0. The van der Waals surface area contributed by atoms with E-state index in [0.29, 0.717) is 12.8 Å². The van der Waals surface area contributed by atoms with Crippen LogP contribution in [0.4, 0.5) is 0 Å². The highest BCUT2D eigenvalue weighted by atomic mass is 16.8. The number of unbranched alkanes of at least 4 members (excludes halogenated alkanes) is 14. The van der Waals surface area contributed by atoms with Crippen LogP contribution in [0.2, 0.25) is 0 Å². The van der Waals surface area contributed by atoms with Crippen LogP contribution in [0.1, 0.15) is 200 Å². The molecule has 0 aromatic carbocycles. The zero-order valence-electron chi connectivity index (χ0n) is 58.9. The third-order valence-corrected chi connectivity index (χ3v) is 17.0. The smallest absolute Gasteiger partial charge is 0.220 e. The molecular formula is C79H127NO18. The monoisotopic (exact) mass is 1380 g/mol. The molecule has 0 aliphatic carbocycles. The van der Waals surface area contributed by atoms with Crippen LogP contribution in [-0.4, -0.2) is 193 Å². The first-order chi connectivity index (χ1) is 47.8. The van der Waals surface area contributed by atoms with E-state index in [9.17, 15) is 61.0 Å². The third kappa shape index (κ3) is 38.4. The molecule has 0 aromatic rings. The summed E-state index contributed by atoms with van der Waals surface area (Å²) >= 11 is 0. The van der Waals surface area contributed by atoms with Crippen molar-refractivity contribution >= 4 is 5.91 Å². The summed E-state index contributed by atoms with van der Waals surface area (Å²) in [4.78, 5) is 13.4. The summed E-state index contributed by atoms with van der Waals surface area (Å²) in [6.07, 6.45) is 57.9. The summed E-state index contributed by atoms with van der Waals surface area (Å²) < 4.78 is 34.3. The fourth-order valence-corrected chi connectivity index (χ4v) is 11.1. The molecule has 3 aliphatic rings. The van der Waals surface area contributed by atoms with Gasteiger partial charge in [-0.1, -0.05) is 230 Å². The van der Waals surface area contributed by atoms with Crippen LogP contribution in [0.15, 0.2) is 158 Å². The van der Waals surface area contributed by atoms with Crippen molar-refractivity contribution in [2.45, 2.75) is 304 Å². The van der Waals surface area contributed by atoms with Crippen LogP contribution in [0.25, 0.3) is 0 Å². The Kier molecular flexibility index (Phi) is 51.8. The lowest BCUT2D eigenvalue weighted by atomic mass is 9.96. The van der Waals surface area contributed by atoms with Crippen molar-refractivity contribution < 1.29 is 89.4 Å². The van der Waals surface area contributed by atoms with Crippen molar-refractivity contribution in [1.82, 2.24) is 5.32 Å². The Hall–Kier alpha value is -4.59. The average molecular weight is 1380 g/mol. The highest BCUT2D eigenvalue weighted by molar-refractivity contribution is 5.76. The maximum atomic E-state index is 13.4. The zero-order chi connectivity index (χ0) is 71.1. The Morgan fingerprint density at radius 1 is 0.378 bits per heavy atom. The van der Waals surface area contributed by atoms with Crippen molar-refractivity contribution in [3.8, 4) is 0 Å². The Labute approximate surface area is 586 Å². The molecule has 0 bridgehead atoms. The van der Waals surface area contributed by atoms with Gasteiger partial charge < -0.3 is 89.9 Å². The van der Waals surface area contributed by atoms with E-state index in [2.05, 4.69) is 165 Å². The fraction of sp³-hybridized carbons (Fsp3) is 0.658. The Balaban J connectivity index is 1.42. The molecule has 1 amide bonds. The topological polar surface area (TPSA) is 307 Å². The molecular weight excluding hydrogens is 1250 g/mol. The first-order valence-corrected chi connectivity index (χ1v) is 36.7. The molecule has 3 aliphatic heterocycles. The van der Waals surface area contributed by atoms with E-state index in [-0.39, 0.29) is 12.3 Å². The number of aliphatic hydroxyl groups excluding tert-OH is 11. The molecule has 556 valence electrons. The predicted octanol–water partition coefficient (Wildman–Crippen LogP) is 10.9. The minimum atomic E-state index is -1.99. The summed E-state index contributed by atoms with van der Waals surface area (Å²) in [7, 11) is 0.